The van der Waals surface area contributed by atoms with Crippen LogP contribution in [0.5, 0.6) is 0 Å². The van der Waals surface area contributed by atoms with Gasteiger partial charge in [0, 0.05) is 4.90 Å². The van der Waals surface area contributed by atoms with Crippen LogP contribution in [0.4, 0.5) is 4.39 Å². The fourth-order valence-corrected chi connectivity index (χ4v) is 2.38. The molecule has 20 heavy (non-hydrogen) atoms. The van der Waals surface area contributed by atoms with E-state index < -0.39 is 0 Å². The summed E-state index contributed by atoms with van der Waals surface area (Å²) in [6.07, 6.45) is 0.962. The van der Waals surface area contributed by atoms with E-state index in [0.717, 1.165) is 11.3 Å². The zero-order valence-corrected chi connectivity index (χ0v) is 12.4. The highest BCUT2D eigenvalue weighted by atomic mass is 32.2. The molecule has 6 heteroatoms. The van der Waals surface area contributed by atoms with Crippen LogP contribution in [0.3, 0.4) is 0 Å². The lowest BCUT2D eigenvalue weighted by molar-refractivity contribution is 0.311. The summed E-state index contributed by atoms with van der Waals surface area (Å²) >= 11 is 1.53. The summed E-state index contributed by atoms with van der Waals surface area (Å²) in [6, 6.07) is 6.10. The third-order valence-electron chi connectivity index (χ3n) is 3.21. The first-order valence-electron chi connectivity index (χ1n) is 6.56. The molecule has 0 aliphatic carbocycles. The predicted octanol–water partition coefficient (Wildman–Crippen LogP) is 3.55. The SMILES string of the molecule is CCC(C)[C@H](N)c1nc(CSc2ccc(F)cc2)no1. The van der Waals surface area contributed by atoms with Crippen molar-refractivity contribution in [3.8, 4) is 0 Å². The van der Waals surface area contributed by atoms with Gasteiger partial charge in [0.15, 0.2) is 5.82 Å². The van der Waals surface area contributed by atoms with Gasteiger partial charge in [0.05, 0.1) is 11.8 Å². The molecular weight excluding hydrogens is 277 g/mol. The van der Waals surface area contributed by atoms with Crippen molar-refractivity contribution >= 4 is 11.8 Å². The number of nitrogens with two attached hydrogens (primary N) is 1. The van der Waals surface area contributed by atoms with Gasteiger partial charge in [-0.15, -0.1) is 11.8 Å². The third kappa shape index (κ3) is 3.80. The molecule has 2 aromatic rings. The van der Waals surface area contributed by atoms with E-state index in [-0.39, 0.29) is 11.9 Å². The molecule has 1 unspecified atom stereocenters. The van der Waals surface area contributed by atoms with Crippen LogP contribution >= 0.6 is 11.8 Å². The molecule has 0 bridgehead atoms. The zero-order chi connectivity index (χ0) is 14.5. The first-order chi connectivity index (χ1) is 9.60. The van der Waals surface area contributed by atoms with Crippen LogP contribution in [0.25, 0.3) is 0 Å². The molecule has 2 rings (SSSR count). The van der Waals surface area contributed by atoms with Crippen molar-refractivity contribution in [2.24, 2.45) is 11.7 Å². The van der Waals surface area contributed by atoms with E-state index >= 15 is 0 Å². The monoisotopic (exact) mass is 295 g/mol. The number of aromatic nitrogens is 2. The maximum Gasteiger partial charge on any atom is 0.243 e. The summed E-state index contributed by atoms with van der Waals surface area (Å²) in [5.74, 6) is 1.72. The average Bonchev–Trinajstić information content (AvgIpc) is 2.94. The van der Waals surface area contributed by atoms with Gasteiger partial charge in [-0.2, -0.15) is 4.98 Å². The van der Waals surface area contributed by atoms with Crippen LogP contribution < -0.4 is 5.73 Å². The number of nitrogens with zero attached hydrogens (tertiary/aromatic N) is 2. The molecule has 0 amide bonds. The lowest BCUT2D eigenvalue weighted by Crippen LogP contribution is -2.18. The standard InChI is InChI=1S/C14H18FN3OS/c1-3-9(2)13(16)14-17-12(18-19-14)8-20-11-6-4-10(15)5-7-11/h4-7,9,13H,3,8,16H2,1-2H3/t9?,13-/m0/s1. The Kier molecular flexibility index (Phi) is 5.14. The van der Waals surface area contributed by atoms with Crippen molar-refractivity contribution in [1.82, 2.24) is 10.1 Å². The largest absolute Gasteiger partial charge is 0.338 e. The van der Waals surface area contributed by atoms with Crippen LogP contribution in [0.1, 0.15) is 38.0 Å². The van der Waals surface area contributed by atoms with E-state index in [1.54, 1.807) is 12.1 Å². The molecule has 0 fully saturated rings. The van der Waals surface area contributed by atoms with E-state index in [0.29, 0.717) is 23.4 Å². The molecule has 1 aromatic carbocycles. The van der Waals surface area contributed by atoms with E-state index in [1.807, 2.05) is 0 Å². The number of hydrogen-bond acceptors (Lipinski definition) is 5. The lowest BCUT2D eigenvalue weighted by Gasteiger charge is -2.12. The van der Waals surface area contributed by atoms with Gasteiger partial charge in [-0.05, 0) is 30.2 Å². The van der Waals surface area contributed by atoms with Crippen LogP contribution in [-0.4, -0.2) is 10.1 Å². The van der Waals surface area contributed by atoms with E-state index in [9.17, 15) is 4.39 Å². The summed E-state index contributed by atoms with van der Waals surface area (Å²) in [5.41, 5.74) is 6.04. The molecule has 1 heterocycles. The number of hydrogen-bond donors (Lipinski definition) is 1. The molecule has 0 radical (unpaired) electrons. The van der Waals surface area contributed by atoms with E-state index in [4.69, 9.17) is 10.3 Å². The minimum absolute atomic E-state index is 0.225. The maximum atomic E-state index is 12.8. The first-order valence-corrected chi connectivity index (χ1v) is 7.55. The second kappa shape index (κ2) is 6.85. The Balaban J connectivity index is 1.94. The smallest absolute Gasteiger partial charge is 0.243 e. The van der Waals surface area contributed by atoms with Gasteiger partial charge in [-0.3, -0.25) is 0 Å². The van der Waals surface area contributed by atoms with Crippen molar-refractivity contribution in [2.45, 2.75) is 37.0 Å². The molecule has 2 N–H and O–H groups in total. The topological polar surface area (TPSA) is 64.9 Å². The Labute approximate surface area is 121 Å². The molecule has 2 atom stereocenters. The minimum Gasteiger partial charge on any atom is -0.338 e. The Bertz CT molecular complexity index is 544. The van der Waals surface area contributed by atoms with Crippen molar-refractivity contribution in [3.05, 3.63) is 41.8 Å². The van der Waals surface area contributed by atoms with Gasteiger partial charge < -0.3 is 10.3 Å². The number of thioether (sulfide) groups is 1. The van der Waals surface area contributed by atoms with E-state index in [2.05, 4.69) is 24.0 Å². The third-order valence-corrected chi connectivity index (χ3v) is 4.22. The number of benzene rings is 1. The Hall–Kier alpha value is -1.40. The molecule has 108 valence electrons. The molecule has 4 nitrogen and oxygen atoms in total. The molecule has 0 aliphatic heterocycles. The van der Waals surface area contributed by atoms with Crippen LogP contribution in [-0.2, 0) is 5.75 Å². The number of halogens is 1. The Morgan fingerprint density at radius 2 is 2.05 bits per heavy atom. The van der Waals surface area contributed by atoms with Gasteiger partial charge in [0.1, 0.15) is 5.82 Å². The summed E-state index contributed by atoms with van der Waals surface area (Å²) in [4.78, 5) is 5.28. The highest BCUT2D eigenvalue weighted by Gasteiger charge is 2.19. The second-order valence-electron chi connectivity index (χ2n) is 4.70. The first kappa shape index (κ1) is 15.0. The fraction of sp³-hybridized carbons (Fsp3) is 0.429. The van der Waals surface area contributed by atoms with Crippen molar-refractivity contribution in [3.63, 3.8) is 0 Å². The van der Waals surface area contributed by atoms with Crippen LogP contribution in [0.2, 0.25) is 0 Å². The second-order valence-corrected chi connectivity index (χ2v) is 5.75. The molecule has 0 saturated heterocycles. The molecule has 0 aliphatic rings. The maximum absolute atomic E-state index is 12.8. The quantitative estimate of drug-likeness (QED) is 0.826. The summed E-state index contributed by atoms with van der Waals surface area (Å²) in [6.45, 7) is 4.13. The minimum atomic E-state index is -0.240. The molecule has 0 saturated carbocycles. The summed E-state index contributed by atoms with van der Waals surface area (Å²) in [5, 5.41) is 3.93. The molecular formula is C14H18FN3OS. The summed E-state index contributed by atoms with van der Waals surface area (Å²) < 4.78 is 18.0. The van der Waals surface area contributed by atoms with Crippen molar-refractivity contribution < 1.29 is 8.91 Å². The van der Waals surface area contributed by atoms with Gasteiger partial charge in [-0.1, -0.05) is 25.4 Å². The van der Waals surface area contributed by atoms with Gasteiger partial charge in [0.2, 0.25) is 5.89 Å². The fourth-order valence-electron chi connectivity index (χ4n) is 1.64. The molecule has 1 aromatic heterocycles. The average molecular weight is 295 g/mol. The zero-order valence-electron chi connectivity index (χ0n) is 11.5. The van der Waals surface area contributed by atoms with E-state index in [1.165, 1.54) is 23.9 Å². The van der Waals surface area contributed by atoms with Gasteiger partial charge in [-0.25, -0.2) is 4.39 Å². The summed E-state index contributed by atoms with van der Waals surface area (Å²) in [7, 11) is 0. The normalized spacial score (nSPS) is 14.2. The Morgan fingerprint density at radius 1 is 1.35 bits per heavy atom. The highest BCUT2D eigenvalue weighted by Crippen LogP contribution is 2.24. The Morgan fingerprint density at radius 3 is 2.70 bits per heavy atom. The van der Waals surface area contributed by atoms with Crippen molar-refractivity contribution in [2.75, 3.05) is 0 Å². The lowest BCUT2D eigenvalue weighted by atomic mass is 10.0. The van der Waals surface area contributed by atoms with Crippen LogP contribution in [0, 0.1) is 11.7 Å². The molecule has 0 spiro atoms. The van der Waals surface area contributed by atoms with Crippen molar-refractivity contribution in [1.29, 1.82) is 0 Å². The number of rotatable bonds is 6. The van der Waals surface area contributed by atoms with Crippen LogP contribution in [0.15, 0.2) is 33.7 Å². The predicted molar refractivity (Wildman–Crippen MR) is 76.6 cm³/mol. The van der Waals surface area contributed by atoms with Gasteiger partial charge in [0.25, 0.3) is 0 Å². The van der Waals surface area contributed by atoms with Gasteiger partial charge >= 0.3 is 0 Å². The highest BCUT2D eigenvalue weighted by molar-refractivity contribution is 7.98.